The summed E-state index contributed by atoms with van der Waals surface area (Å²) in [7, 11) is -10.9. The highest BCUT2D eigenvalue weighted by molar-refractivity contribution is 7.61. The SMILES string of the molecule is CCCCCC/C=C\C=C/CCCCCCCC(=O)O[C@H](COC(=O)CCC/C=C\C/C=C\C/C=C\C/C=C\CCC[C@@H](C)O)COP(=O)(O)OP(=O)(O)OC[C@H]1O[C@@H](n2ccc(N)nc2=O)[C@H](O)[C@@H]1O. The number of aliphatic hydroxyl groups excluding tert-OH is 3. The van der Waals surface area contributed by atoms with E-state index in [0.29, 0.717) is 19.3 Å². The average Bonchev–Trinajstić information content (AvgIpc) is 3.59. The number of unbranched alkanes of at least 4 members (excludes halogenated alkanes) is 11. The molecule has 0 saturated carbocycles. The number of carbonyl (C=O) groups excluding carboxylic acids is 2. The van der Waals surface area contributed by atoms with Gasteiger partial charge in [0.2, 0.25) is 0 Å². The first kappa shape index (κ1) is 63.3. The van der Waals surface area contributed by atoms with E-state index in [1.54, 1.807) is 6.92 Å². The zero-order valence-corrected chi connectivity index (χ0v) is 43.4. The fraction of sp³-hybridized carbons (Fsp3) is 0.640. The lowest BCUT2D eigenvalue weighted by molar-refractivity contribution is -0.161. The lowest BCUT2D eigenvalue weighted by atomic mass is 10.1. The van der Waals surface area contributed by atoms with Gasteiger partial charge in [-0.1, -0.05) is 118 Å². The maximum Gasteiger partial charge on any atom is 0.481 e. The molecule has 0 bridgehead atoms. The minimum atomic E-state index is -5.45. The average molecular weight is 1040 g/mol. The summed E-state index contributed by atoms with van der Waals surface area (Å²) >= 11 is 0. The van der Waals surface area contributed by atoms with Gasteiger partial charge in [-0.25, -0.2) is 13.9 Å². The first-order valence-electron chi connectivity index (χ1n) is 25.0. The maximum absolute atomic E-state index is 12.8. The van der Waals surface area contributed by atoms with Crippen LogP contribution in [-0.4, -0.2) is 96.9 Å². The summed E-state index contributed by atoms with van der Waals surface area (Å²) < 4.78 is 56.6. The third kappa shape index (κ3) is 31.4. The van der Waals surface area contributed by atoms with E-state index in [1.807, 2.05) is 18.2 Å². The normalized spacial score (nSPS) is 20.2. The number of esters is 2. The van der Waals surface area contributed by atoms with Crippen LogP contribution < -0.4 is 11.4 Å². The molecule has 0 amide bonds. The first-order valence-corrected chi connectivity index (χ1v) is 28.0. The van der Waals surface area contributed by atoms with Crippen LogP contribution in [0.25, 0.3) is 0 Å². The molecule has 2 heterocycles. The molecule has 1 aromatic rings. The van der Waals surface area contributed by atoms with E-state index in [2.05, 4.69) is 70.9 Å². The highest BCUT2D eigenvalue weighted by atomic mass is 31.3. The van der Waals surface area contributed by atoms with Crippen LogP contribution in [-0.2, 0) is 46.3 Å². The smallest absolute Gasteiger partial charge is 0.462 e. The van der Waals surface area contributed by atoms with Gasteiger partial charge in [0, 0.05) is 19.0 Å². The number of nitrogens with two attached hydrogens (primary N) is 1. The molecule has 21 heteroatoms. The molecule has 0 aromatic carbocycles. The predicted molar refractivity (Wildman–Crippen MR) is 271 cm³/mol. The Labute approximate surface area is 419 Å². The molecule has 2 rings (SSSR count). The Kier molecular flexibility index (Phi) is 33.7. The molecule has 1 aliphatic heterocycles. The van der Waals surface area contributed by atoms with Crippen LogP contribution in [0.15, 0.2) is 90.0 Å². The number of aliphatic hydroxyl groups is 3. The molecule has 402 valence electrons. The number of anilines is 1. The van der Waals surface area contributed by atoms with Gasteiger partial charge in [-0.2, -0.15) is 9.29 Å². The van der Waals surface area contributed by atoms with Gasteiger partial charge in [0.25, 0.3) is 0 Å². The molecule has 71 heavy (non-hydrogen) atoms. The molecule has 0 spiro atoms. The van der Waals surface area contributed by atoms with E-state index in [1.165, 1.54) is 31.7 Å². The van der Waals surface area contributed by atoms with E-state index in [9.17, 15) is 48.6 Å². The van der Waals surface area contributed by atoms with Crippen molar-refractivity contribution in [2.75, 3.05) is 25.6 Å². The van der Waals surface area contributed by atoms with Crippen molar-refractivity contribution in [1.82, 2.24) is 9.55 Å². The van der Waals surface area contributed by atoms with Gasteiger partial charge >= 0.3 is 33.3 Å². The first-order chi connectivity index (χ1) is 34.0. The van der Waals surface area contributed by atoms with Gasteiger partial charge in [0.15, 0.2) is 12.3 Å². The molecule has 1 aliphatic rings. The van der Waals surface area contributed by atoms with Crippen molar-refractivity contribution in [3.05, 3.63) is 95.7 Å². The zero-order chi connectivity index (χ0) is 52.2. The van der Waals surface area contributed by atoms with Crippen LogP contribution in [0.3, 0.4) is 0 Å². The summed E-state index contributed by atoms with van der Waals surface area (Å²) in [5.74, 6) is -1.41. The number of rotatable bonds is 40. The van der Waals surface area contributed by atoms with Crippen molar-refractivity contribution in [2.45, 2.75) is 185 Å². The number of aromatic nitrogens is 2. The molecule has 7 N–H and O–H groups in total. The highest BCUT2D eigenvalue weighted by Crippen LogP contribution is 2.60. The fourth-order valence-corrected chi connectivity index (χ4v) is 9.01. The summed E-state index contributed by atoms with van der Waals surface area (Å²) in [5, 5.41) is 30.2. The number of carbonyl (C=O) groups is 2. The number of nitrogens with zero attached hydrogens (tertiary/aromatic N) is 2. The number of nitrogen functional groups attached to an aromatic ring is 1. The molecular weight excluding hydrogens is 961 g/mol. The maximum atomic E-state index is 12.8. The molecule has 0 aliphatic carbocycles. The van der Waals surface area contributed by atoms with Crippen LogP contribution >= 0.6 is 15.6 Å². The number of allylic oxidation sites excluding steroid dienone is 12. The summed E-state index contributed by atoms with van der Waals surface area (Å²) in [6, 6.07) is 1.24. The van der Waals surface area contributed by atoms with Gasteiger partial charge < -0.3 is 45.1 Å². The van der Waals surface area contributed by atoms with Crippen molar-refractivity contribution in [3.8, 4) is 0 Å². The molecule has 1 fully saturated rings. The van der Waals surface area contributed by atoms with Crippen molar-refractivity contribution in [1.29, 1.82) is 0 Å². The van der Waals surface area contributed by atoms with E-state index < -0.39 is 83.7 Å². The number of phosphoric ester groups is 2. The van der Waals surface area contributed by atoms with E-state index in [4.69, 9.17) is 29.0 Å². The molecule has 0 radical (unpaired) electrons. The minimum absolute atomic E-state index is 0.0110. The standard InChI is InChI=1S/C50H81N3O16P2/c1-3-4-5-6-7-8-9-10-12-17-20-23-26-29-32-35-46(56)67-42(38-64-45(55)34-31-28-25-22-19-16-14-11-13-15-18-21-24-27-30-33-41(2)54)39-65-70(60,61)69-71(62,63)66-40-43-47(57)48(58)49(68-43)53-37-36-44(51)52-50(53)59/h8-10,12-16,21-22,24-25,36-37,41-43,47-49,54,57-58H,3-7,11,17-20,23,26-35,38-40H2,1-2H3,(H,60,61)(H,62,63)(H2,51,52,59)/b9-8-,12-10-,15-13-,16-14-,24-21-,25-22-/t41-,42-,43-,47-,48-,49-/m1/s1. The van der Waals surface area contributed by atoms with Gasteiger partial charge in [-0.3, -0.25) is 23.2 Å². The third-order valence-corrected chi connectivity index (χ3v) is 13.4. The van der Waals surface area contributed by atoms with Crippen LogP contribution in [0.2, 0.25) is 0 Å². The Morgan fingerprint density at radius 1 is 0.746 bits per heavy atom. The largest absolute Gasteiger partial charge is 0.481 e. The highest BCUT2D eigenvalue weighted by Gasteiger charge is 2.46. The van der Waals surface area contributed by atoms with Gasteiger partial charge in [0.05, 0.1) is 19.3 Å². The lowest BCUT2D eigenvalue weighted by Gasteiger charge is -2.21. The number of hydrogen-bond acceptors (Lipinski definition) is 16. The van der Waals surface area contributed by atoms with E-state index in [-0.39, 0.29) is 24.8 Å². The van der Waals surface area contributed by atoms with Crippen LogP contribution in [0, 0.1) is 0 Å². The monoisotopic (exact) mass is 1040 g/mol. The van der Waals surface area contributed by atoms with Crippen LogP contribution in [0.4, 0.5) is 5.82 Å². The number of ether oxygens (including phenoxy) is 3. The van der Waals surface area contributed by atoms with Crippen molar-refractivity contribution in [3.63, 3.8) is 0 Å². The van der Waals surface area contributed by atoms with Crippen molar-refractivity contribution < 1.29 is 71.4 Å². The van der Waals surface area contributed by atoms with Crippen LogP contribution in [0.5, 0.6) is 0 Å². The second-order valence-electron chi connectivity index (χ2n) is 17.3. The second kappa shape index (κ2) is 37.8. The Bertz CT molecular complexity index is 1990. The minimum Gasteiger partial charge on any atom is -0.462 e. The number of phosphoric acid groups is 2. The summed E-state index contributed by atoms with van der Waals surface area (Å²) in [4.78, 5) is 61.8. The van der Waals surface area contributed by atoms with E-state index >= 15 is 0 Å². The Morgan fingerprint density at radius 3 is 1.92 bits per heavy atom. The van der Waals surface area contributed by atoms with Crippen molar-refractivity contribution >= 4 is 33.4 Å². The quantitative estimate of drug-likeness (QED) is 0.0117. The zero-order valence-electron chi connectivity index (χ0n) is 41.6. The van der Waals surface area contributed by atoms with Crippen molar-refractivity contribution in [2.24, 2.45) is 0 Å². The second-order valence-corrected chi connectivity index (χ2v) is 20.3. The summed E-state index contributed by atoms with van der Waals surface area (Å²) in [6.07, 6.45) is 35.5. The van der Waals surface area contributed by atoms with Crippen LogP contribution in [0.1, 0.15) is 155 Å². The lowest BCUT2D eigenvalue weighted by Crippen LogP contribution is -2.36. The molecule has 2 unspecified atom stereocenters. The predicted octanol–water partition coefficient (Wildman–Crippen LogP) is 9.08. The van der Waals surface area contributed by atoms with Gasteiger partial charge in [-0.05, 0) is 96.5 Å². The van der Waals surface area contributed by atoms with E-state index in [0.717, 1.165) is 87.8 Å². The molecule has 1 saturated heterocycles. The summed E-state index contributed by atoms with van der Waals surface area (Å²) in [5.41, 5.74) is 4.58. The molecule has 19 nitrogen and oxygen atoms in total. The number of hydrogen-bond donors (Lipinski definition) is 6. The van der Waals surface area contributed by atoms with Gasteiger partial charge in [-0.15, -0.1) is 0 Å². The molecular formula is C50H81N3O16P2. The molecule has 8 atom stereocenters. The third-order valence-electron chi connectivity index (χ3n) is 10.8. The topological polar surface area (TPSA) is 286 Å². The Hall–Kier alpha value is -3.84. The fourth-order valence-electron chi connectivity index (χ4n) is 6.90. The van der Waals surface area contributed by atoms with Gasteiger partial charge in [0.1, 0.15) is 30.7 Å². The molecule has 1 aromatic heterocycles. The Morgan fingerprint density at radius 2 is 1.30 bits per heavy atom. The summed E-state index contributed by atoms with van der Waals surface area (Å²) in [6.45, 7) is 1.60. The Balaban J connectivity index is 1.84.